The number of hydrogen-bond donors (Lipinski definition) is 2. The van der Waals surface area contributed by atoms with E-state index in [4.69, 9.17) is 5.73 Å². The highest BCUT2D eigenvalue weighted by Crippen LogP contribution is 2.28. The Morgan fingerprint density at radius 1 is 1.56 bits per heavy atom. The van der Waals surface area contributed by atoms with Gasteiger partial charge in [-0.3, -0.25) is 9.48 Å². The standard InChI is InChI=1S/C13H22N4O/c1-3-10-11(14)12(17(2)16-10)13(18)15-8-7-9-5-4-6-9/h9H,3-8,14H2,1-2H3,(H,15,18). The van der Waals surface area contributed by atoms with Gasteiger partial charge in [0, 0.05) is 13.6 Å². The van der Waals surface area contributed by atoms with Crippen molar-refractivity contribution in [1.29, 1.82) is 0 Å². The lowest BCUT2D eigenvalue weighted by Crippen LogP contribution is -2.29. The number of rotatable bonds is 5. The second kappa shape index (κ2) is 5.42. The summed E-state index contributed by atoms with van der Waals surface area (Å²) in [4.78, 5) is 12.1. The van der Waals surface area contributed by atoms with Gasteiger partial charge in [-0.15, -0.1) is 0 Å². The van der Waals surface area contributed by atoms with Gasteiger partial charge in [0.1, 0.15) is 5.69 Å². The summed E-state index contributed by atoms with van der Waals surface area (Å²) in [5.74, 6) is 0.696. The maximum absolute atomic E-state index is 12.1. The molecule has 0 radical (unpaired) electrons. The van der Waals surface area contributed by atoms with Crippen LogP contribution in [-0.2, 0) is 13.5 Å². The number of hydrogen-bond acceptors (Lipinski definition) is 3. The highest BCUT2D eigenvalue weighted by molar-refractivity contribution is 5.97. The molecule has 1 saturated carbocycles. The molecular formula is C13H22N4O. The van der Waals surface area contributed by atoms with Gasteiger partial charge in [-0.05, 0) is 18.8 Å². The van der Waals surface area contributed by atoms with Crippen LogP contribution in [0.1, 0.15) is 48.8 Å². The molecule has 2 rings (SSSR count). The molecule has 3 N–H and O–H groups in total. The summed E-state index contributed by atoms with van der Waals surface area (Å²) < 4.78 is 1.58. The van der Waals surface area contributed by atoms with Crippen LogP contribution in [0.2, 0.25) is 0 Å². The molecule has 0 unspecified atom stereocenters. The molecule has 0 aliphatic heterocycles. The predicted molar refractivity (Wildman–Crippen MR) is 71.3 cm³/mol. The Labute approximate surface area is 108 Å². The molecule has 0 saturated heterocycles. The first-order valence-corrected chi connectivity index (χ1v) is 6.73. The Balaban J connectivity index is 1.93. The zero-order valence-corrected chi connectivity index (χ0v) is 11.2. The van der Waals surface area contributed by atoms with E-state index in [1.165, 1.54) is 19.3 Å². The number of nitrogen functional groups attached to an aromatic ring is 1. The molecule has 1 aromatic heterocycles. The smallest absolute Gasteiger partial charge is 0.271 e. The van der Waals surface area contributed by atoms with Crippen LogP contribution >= 0.6 is 0 Å². The van der Waals surface area contributed by atoms with E-state index in [-0.39, 0.29) is 5.91 Å². The molecule has 1 amide bonds. The van der Waals surface area contributed by atoms with Gasteiger partial charge in [0.05, 0.1) is 11.4 Å². The maximum atomic E-state index is 12.1. The van der Waals surface area contributed by atoms with Crippen molar-refractivity contribution in [2.75, 3.05) is 12.3 Å². The van der Waals surface area contributed by atoms with Gasteiger partial charge >= 0.3 is 0 Å². The largest absolute Gasteiger partial charge is 0.395 e. The Morgan fingerprint density at radius 3 is 2.78 bits per heavy atom. The zero-order valence-electron chi connectivity index (χ0n) is 11.2. The lowest BCUT2D eigenvalue weighted by Gasteiger charge is -2.25. The molecule has 1 aromatic rings. The number of nitrogens with zero attached hydrogens (tertiary/aromatic N) is 2. The van der Waals surface area contributed by atoms with Crippen molar-refractivity contribution in [2.24, 2.45) is 13.0 Å². The van der Waals surface area contributed by atoms with Gasteiger partial charge in [-0.1, -0.05) is 26.2 Å². The molecule has 18 heavy (non-hydrogen) atoms. The van der Waals surface area contributed by atoms with Crippen molar-refractivity contribution < 1.29 is 4.79 Å². The van der Waals surface area contributed by atoms with Gasteiger partial charge in [0.15, 0.2) is 0 Å². The molecule has 5 nitrogen and oxygen atoms in total. The van der Waals surface area contributed by atoms with E-state index in [9.17, 15) is 4.79 Å². The highest BCUT2D eigenvalue weighted by atomic mass is 16.2. The van der Waals surface area contributed by atoms with Gasteiger partial charge in [0.25, 0.3) is 5.91 Å². The third-order valence-corrected chi connectivity index (χ3v) is 3.77. The van der Waals surface area contributed by atoms with E-state index in [0.717, 1.165) is 31.0 Å². The number of anilines is 1. The molecular weight excluding hydrogens is 228 g/mol. The van der Waals surface area contributed by atoms with Crippen LogP contribution in [0.5, 0.6) is 0 Å². The van der Waals surface area contributed by atoms with E-state index < -0.39 is 0 Å². The van der Waals surface area contributed by atoms with E-state index in [1.54, 1.807) is 11.7 Å². The fourth-order valence-electron chi connectivity index (χ4n) is 2.38. The Bertz CT molecular complexity index is 434. The first-order chi connectivity index (χ1) is 8.63. The normalized spacial score (nSPS) is 15.4. The van der Waals surface area contributed by atoms with Crippen molar-refractivity contribution in [1.82, 2.24) is 15.1 Å². The van der Waals surface area contributed by atoms with Crippen molar-refractivity contribution in [3.8, 4) is 0 Å². The lowest BCUT2D eigenvalue weighted by molar-refractivity contribution is 0.0940. The van der Waals surface area contributed by atoms with E-state index >= 15 is 0 Å². The number of amides is 1. The Morgan fingerprint density at radius 2 is 2.28 bits per heavy atom. The minimum absolute atomic E-state index is 0.110. The van der Waals surface area contributed by atoms with Gasteiger partial charge < -0.3 is 11.1 Å². The van der Waals surface area contributed by atoms with Crippen LogP contribution in [0.4, 0.5) is 5.69 Å². The average molecular weight is 250 g/mol. The number of nitrogens with one attached hydrogen (secondary N) is 1. The van der Waals surface area contributed by atoms with Crippen molar-refractivity contribution in [2.45, 2.75) is 39.0 Å². The first-order valence-electron chi connectivity index (χ1n) is 6.73. The van der Waals surface area contributed by atoms with Crippen LogP contribution in [0.15, 0.2) is 0 Å². The first kappa shape index (κ1) is 12.9. The number of aromatic nitrogens is 2. The summed E-state index contributed by atoms with van der Waals surface area (Å²) >= 11 is 0. The van der Waals surface area contributed by atoms with E-state index in [2.05, 4.69) is 10.4 Å². The van der Waals surface area contributed by atoms with Gasteiger partial charge in [0.2, 0.25) is 0 Å². The summed E-state index contributed by atoms with van der Waals surface area (Å²) in [5, 5.41) is 7.19. The highest BCUT2D eigenvalue weighted by Gasteiger charge is 2.20. The SMILES string of the molecule is CCc1nn(C)c(C(=O)NCCC2CCC2)c1N. The minimum Gasteiger partial charge on any atom is -0.395 e. The van der Waals surface area contributed by atoms with Crippen LogP contribution in [0.25, 0.3) is 0 Å². The molecule has 0 bridgehead atoms. The van der Waals surface area contributed by atoms with Crippen LogP contribution < -0.4 is 11.1 Å². The van der Waals surface area contributed by atoms with Gasteiger partial charge in [-0.2, -0.15) is 5.10 Å². The molecule has 0 spiro atoms. The average Bonchev–Trinajstić information content (AvgIpc) is 2.57. The van der Waals surface area contributed by atoms with Crippen LogP contribution in [-0.4, -0.2) is 22.2 Å². The second-order valence-corrected chi connectivity index (χ2v) is 5.03. The zero-order chi connectivity index (χ0) is 13.1. The molecule has 1 fully saturated rings. The number of carbonyl (C=O) groups is 1. The summed E-state index contributed by atoms with van der Waals surface area (Å²) in [7, 11) is 1.76. The Hall–Kier alpha value is -1.52. The molecule has 1 heterocycles. The lowest BCUT2D eigenvalue weighted by atomic mass is 9.83. The molecule has 1 aliphatic carbocycles. The van der Waals surface area contributed by atoms with Crippen molar-refractivity contribution in [3.05, 3.63) is 11.4 Å². The molecule has 1 aliphatic rings. The summed E-state index contributed by atoms with van der Waals surface area (Å²) in [6.45, 7) is 2.71. The quantitative estimate of drug-likeness (QED) is 0.831. The van der Waals surface area contributed by atoms with E-state index in [0.29, 0.717) is 11.4 Å². The molecule has 100 valence electrons. The molecule has 5 heteroatoms. The number of carbonyl (C=O) groups excluding carboxylic acids is 1. The third kappa shape index (κ3) is 2.49. The second-order valence-electron chi connectivity index (χ2n) is 5.03. The van der Waals surface area contributed by atoms with Crippen molar-refractivity contribution in [3.63, 3.8) is 0 Å². The topological polar surface area (TPSA) is 72.9 Å². The minimum atomic E-state index is -0.110. The fraction of sp³-hybridized carbons (Fsp3) is 0.692. The molecule has 0 atom stereocenters. The third-order valence-electron chi connectivity index (χ3n) is 3.77. The summed E-state index contributed by atoms with van der Waals surface area (Å²) in [6, 6.07) is 0. The van der Waals surface area contributed by atoms with Crippen molar-refractivity contribution >= 4 is 11.6 Å². The van der Waals surface area contributed by atoms with Gasteiger partial charge in [-0.25, -0.2) is 0 Å². The number of aryl methyl sites for hydroxylation is 2. The summed E-state index contributed by atoms with van der Waals surface area (Å²) in [5.41, 5.74) is 7.73. The van der Waals surface area contributed by atoms with E-state index in [1.807, 2.05) is 6.92 Å². The fourth-order valence-corrected chi connectivity index (χ4v) is 2.38. The van der Waals surface area contributed by atoms with Crippen LogP contribution in [0, 0.1) is 5.92 Å². The Kier molecular flexibility index (Phi) is 3.89. The van der Waals surface area contributed by atoms with Crippen LogP contribution in [0.3, 0.4) is 0 Å². The monoisotopic (exact) mass is 250 g/mol. The summed E-state index contributed by atoms with van der Waals surface area (Å²) in [6.07, 6.45) is 5.78. The maximum Gasteiger partial charge on any atom is 0.271 e. The predicted octanol–water partition coefficient (Wildman–Crippen LogP) is 1.48. The molecule has 0 aromatic carbocycles. The number of nitrogens with two attached hydrogens (primary N) is 1.